The summed E-state index contributed by atoms with van der Waals surface area (Å²) in [6.45, 7) is 6.18. The minimum absolute atomic E-state index is 0.0385. The number of hydrogen-bond acceptors (Lipinski definition) is 6. The van der Waals surface area contributed by atoms with Crippen molar-refractivity contribution in [3.05, 3.63) is 90.1 Å². The van der Waals surface area contributed by atoms with Gasteiger partial charge in [0.1, 0.15) is 0 Å². The number of hydrogen-bond donors (Lipinski definition) is 0. The van der Waals surface area contributed by atoms with Gasteiger partial charge < -0.3 is 9.42 Å². The first kappa shape index (κ1) is 23.7. The van der Waals surface area contributed by atoms with E-state index in [1.807, 2.05) is 71.8 Å². The fourth-order valence-electron chi connectivity index (χ4n) is 4.24. The zero-order valence-electron chi connectivity index (χ0n) is 20.5. The summed E-state index contributed by atoms with van der Waals surface area (Å²) in [4.78, 5) is 21.5. The Morgan fingerprint density at radius 3 is 2.58 bits per heavy atom. The third kappa shape index (κ3) is 5.95. The van der Waals surface area contributed by atoms with E-state index in [1.54, 1.807) is 17.0 Å². The van der Waals surface area contributed by atoms with Crippen LogP contribution in [0.15, 0.2) is 77.6 Å². The number of nitrogens with zero attached hydrogens (tertiary/aromatic N) is 6. The van der Waals surface area contributed by atoms with Crippen LogP contribution >= 0.6 is 0 Å². The molecule has 184 valence electrons. The van der Waals surface area contributed by atoms with Crippen molar-refractivity contribution in [2.24, 2.45) is 0 Å². The van der Waals surface area contributed by atoms with Crippen molar-refractivity contribution < 1.29 is 9.32 Å². The fraction of sp³-hybridized carbons (Fsp3) is 0.286. The van der Waals surface area contributed by atoms with Gasteiger partial charge in [-0.05, 0) is 38.1 Å². The van der Waals surface area contributed by atoms with Gasteiger partial charge in [-0.2, -0.15) is 10.1 Å². The fourth-order valence-corrected chi connectivity index (χ4v) is 4.24. The van der Waals surface area contributed by atoms with Crippen LogP contribution in [0.5, 0.6) is 0 Å². The third-order valence-electron chi connectivity index (χ3n) is 6.37. The number of aryl methyl sites for hydroxylation is 2. The normalized spacial score (nSPS) is 14.5. The Morgan fingerprint density at radius 1 is 1.03 bits per heavy atom. The predicted octanol–water partition coefficient (Wildman–Crippen LogP) is 4.02. The van der Waals surface area contributed by atoms with Gasteiger partial charge in [-0.3, -0.25) is 9.69 Å². The van der Waals surface area contributed by atoms with E-state index in [2.05, 4.69) is 27.1 Å². The number of rotatable bonds is 8. The summed E-state index contributed by atoms with van der Waals surface area (Å²) in [5.74, 6) is 1.34. The number of carbonyl (C=O) groups excluding carboxylic acids is 1. The molecule has 1 aliphatic rings. The van der Waals surface area contributed by atoms with Crippen molar-refractivity contribution in [1.82, 2.24) is 29.7 Å². The minimum atomic E-state index is 0.0385. The molecule has 8 heteroatoms. The van der Waals surface area contributed by atoms with Gasteiger partial charge in [-0.25, -0.2) is 4.68 Å². The zero-order valence-corrected chi connectivity index (χ0v) is 20.5. The van der Waals surface area contributed by atoms with E-state index >= 15 is 0 Å². The summed E-state index contributed by atoms with van der Waals surface area (Å²) < 4.78 is 7.24. The van der Waals surface area contributed by atoms with E-state index in [9.17, 15) is 4.79 Å². The lowest BCUT2D eigenvalue weighted by Crippen LogP contribution is -2.48. The highest BCUT2D eigenvalue weighted by Gasteiger charge is 2.19. The van der Waals surface area contributed by atoms with Gasteiger partial charge in [0, 0.05) is 56.0 Å². The van der Waals surface area contributed by atoms with Crippen LogP contribution in [-0.4, -0.2) is 68.4 Å². The van der Waals surface area contributed by atoms with Crippen molar-refractivity contribution >= 4 is 12.0 Å². The van der Waals surface area contributed by atoms with Gasteiger partial charge in [0.25, 0.3) is 0 Å². The van der Waals surface area contributed by atoms with Crippen molar-refractivity contribution in [3.8, 4) is 17.1 Å². The lowest BCUT2D eigenvalue weighted by molar-refractivity contribution is -0.127. The zero-order chi connectivity index (χ0) is 24.7. The Morgan fingerprint density at radius 2 is 1.81 bits per heavy atom. The van der Waals surface area contributed by atoms with Crippen molar-refractivity contribution in [2.75, 3.05) is 32.7 Å². The molecule has 2 aromatic heterocycles. The van der Waals surface area contributed by atoms with E-state index in [0.29, 0.717) is 11.7 Å². The number of benzene rings is 2. The van der Waals surface area contributed by atoms with Crippen LogP contribution in [0, 0.1) is 6.92 Å². The molecule has 2 aromatic carbocycles. The lowest BCUT2D eigenvalue weighted by Gasteiger charge is -2.34. The molecular formula is C28H30N6O2. The maximum absolute atomic E-state index is 12.7. The van der Waals surface area contributed by atoms with Crippen LogP contribution in [0.4, 0.5) is 0 Å². The molecule has 0 bridgehead atoms. The molecule has 4 aromatic rings. The second-order valence-corrected chi connectivity index (χ2v) is 9.04. The summed E-state index contributed by atoms with van der Waals surface area (Å²) in [5.41, 5.74) is 4.06. The number of amides is 1. The number of piperazine rings is 1. The second kappa shape index (κ2) is 11.1. The summed E-state index contributed by atoms with van der Waals surface area (Å²) in [5, 5.41) is 8.49. The molecule has 0 atom stereocenters. The van der Waals surface area contributed by atoms with Crippen LogP contribution in [-0.2, 0) is 11.2 Å². The molecule has 0 N–H and O–H groups in total. The smallest absolute Gasteiger partial charge is 0.246 e. The van der Waals surface area contributed by atoms with Crippen molar-refractivity contribution in [2.45, 2.75) is 19.8 Å². The highest BCUT2D eigenvalue weighted by atomic mass is 16.5. The van der Waals surface area contributed by atoms with Gasteiger partial charge in [-0.1, -0.05) is 53.2 Å². The SMILES string of the molecule is Cc1ccc(-c2noc(CCCN3CCN(C(=O)/C=C/c4cnn(-c5ccccc5)c4)CC3)n2)cc1. The molecule has 0 unspecified atom stereocenters. The maximum atomic E-state index is 12.7. The number of para-hydroxylation sites is 1. The quantitative estimate of drug-likeness (QED) is 0.353. The Hall–Kier alpha value is -4.04. The van der Waals surface area contributed by atoms with E-state index < -0.39 is 0 Å². The van der Waals surface area contributed by atoms with Crippen molar-refractivity contribution in [1.29, 1.82) is 0 Å². The second-order valence-electron chi connectivity index (χ2n) is 9.04. The molecule has 0 saturated carbocycles. The topological polar surface area (TPSA) is 80.3 Å². The first-order valence-electron chi connectivity index (χ1n) is 12.3. The van der Waals surface area contributed by atoms with Crippen LogP contribution in [0.2, 0.25) is 0 Å². The lowest BCUT2D eigenvalue weighted by atomic mass is 10.1. The Bertz CT molecular complexity index is 1300. The Kier molecular flexibility index (Phi) is 7.33. The molecule has 5 rings (SSSR count). The number of carbonyl (C=O) groups is 1. The monoisotopic (exact) mass is 482 g/mol. The standard InChI is InChI=1S/C28H30N6O2/c1-22-9-12-24(13-10-22)28-30-26(36-31-28)8-5-15-32-16-18-33(19-17-32)27(35)14-11-23-20-29-34(21-23)25-6-3-2-4-7-25/h2-4,6-7,9-14,20-21H,5,8,15-19H2,1H3/b14-11+. The molecule has 36 heavy (non-hydrogen) atoms. The summed E-state index contributed by atoms with van der Waals surface area (Å²) in [6, 6.07) is 18.0. The van der Waals surface area contributed by atoms with E-state index in [4.69, 9.17) is 4.52 Å². The predicted molar refractivity (Wildman–Crippen MR) is 138 cm³/mol. The third-order valence-corrected chi connectivity index (χ3v) is 6.37. The van der Waals surface area contributed by atoms with E-state index in [1.165, 1.54) is 5.56 Å². The first-order chi connectivity index (χ1) is 17.6. The summed E-state index contributed by atoms with van der Waals surface area (Å²) in [6.07, 6.45) is 8.85. The largest absolute Gasteiger partial charge is 0.339 e. The van der Waals surface area contributed by atoms with Gasteiger partial charge in [0.15, 0.2) is 0 Å². The van der Waals surface area contributed by atoms with E-state index in [0.717, 1.165) is 62.4 Å². The van der Waals surface area contributed by atoms with Gasteiger partial charge >= 0.3 is 0 Å². The first-order valence-corrected chi connectivity index (χ1v) is 12.3. The maximum Gasteiger partial charge on any atom is 0.246 e. The average molecular weight is 483 g/mol. The van der Waals surface area contributed by atoms with Crippen LogP contribution < -0.4 is 0 Å². The van der Waals surface area contributed by atoms with Crippen LogP contribution in [0.25, 0.3) is 23.2 Å². The van der Waals surface area contributed by atoms with Crippen molar-refractivity contribution in [3.63, 3.8) is 0 Å². The van der Waals surface area contributed by atoms with Gasteiger partial charge in [-0.15, -0.1) is 0 Å². The van der Waals surface area contributed by atoms with Crippen LogP contribution in [0.1, 0.15) is 23.4 Å². The van der Waals surface area contributed by atoms with E-state index in [-0.39, 0.29) is 5.91 Å². The molecule has 3 heterocycles. The molecule has 1 fully saturated rings. The minimum Gasteiger partial charge on any atom is -0.339 e. The number of aromatic nitrogens is 4. The Balaban J connectivity index is 1.04. The summed E-state index contributed by atoms with van der Waals surface area (Å²) in [7, 11) is 0. The van der Waals surface area contributed by atoms with Gasteiger partial charge in [0.05, 0.1) is 11.9 Å². The molecule has 0 aliphatic carbocycles. The summed E-state index contributed by atoms with van der Waals surface area (Å²) >= 11 is 0. The molecule has 1 amide bonds. The molecule has 0 radical (unpaired) electrons. The van der Waals surface area contributed by atoms with Gasteiger partial charge in [0.2, 0.25) is 17.6 Å². The average Bonchev–Trinajstić information content (AvgIpc) is 3.59. The molecular weight excluding hydrogens is 452 g/mol. The highest BCUT2D eigenvalue weighted by molar-refractivity contribution is 5.91. The van der Waals surface area contributed by atoms with Crippen LogP contribution in [0.3, 0.4) is 0 Å². The molecule has 1 saturated heterocycles. The Labute approximate surface area is 210 Å². The highest BCUT2D eigenvalue weighted by Crippen LogP contribution is 2.17. The molecule has 8 nitrogen and oxygen atoms in total. The molecule has 1 aliphatic heterocycles. The molecule has 0 spiro atoms.